The molecule has 0 bridgehead atoms. The van der Waals surface area contributed by atoms with E-state index in [1.54, 1.807) is 0 Å². The molecule has 0 radical (unpaired) electrons. The zero-order chi connectivity index (χ0) is 12.5. The molecule has 0 fully saturated rings. The number of nitro groups is 1. The molecule has 0 unspecified atom stereocenters. The standard InChI is InChI=1S/C7H3BrF2N2O4/c8-3-1-2(7(13)14)4(5(9)10)11-6(3)12(15)16/h1,5H,(H,13,14). The second-order valence-corrected chi connectivity index (χ2v) is 3.44. The van der Waals surface area contributed by atoms with Gasteiger partial charge in [-0.05, 0) is 31.9 Å². The average Bonchev–Trinajstić information content (AvgIpc) is 2.15. The first-order valence-electron chi connectivity index (χ1n) is 3.71. The highest BCUT2D eigenvalue weighted by atomic mass is 79.9. The van der Waals surface area contributed by atoms with Gasteiger partial charge in [-0.3, -0.25) is 0 Å². The summed E-state index contributed by atoms with van der Waals surface area (Å²) in [4.78, 5) is 23.0. The summed E-state index contributed by atoms with van der Waals surface area (Å²) in [6.07, 6.45) is -3.20. The summed E-state index contributed by atoms with van der Waals surface area (Å²) >= 11 is 2.69. The van der Waals surface area contributed by atoms with Crippen LogP contribution in [0.25, 0.3) is 0 Å². The van der Waals surface area contributed by atoms with Crippen LogP contribution in [0, 0.1) is 10.1 Å². The third-order valence-corrected chi connectivity index (χ3v) is 2.18. The smallest absolute Gasteiger partial charge is 0.378 e. The number of hydrogen-bond donors (Lipinski definition) is 1. The van der Waals surface area contributed by atoms with Crippen molar-refractivity contribution in [1.82, 2.24) is 4.98 Å². The van der Waals surface area contributed by atoms with Gasteiger partial charge in [-0.15, -0.1) is 0 Å². The maximum Gasteiger partial charge on any atom is 0.378 e. The van der Waals surface area contributed by atoms with Crippen LogP contribution in [0.4, 0.5) is 14.6 Å². The maximum absolute atomic E-state index is 12.4. The van der Waals surface area contributed by atoms with E-state index in [4.69, 9.17) is 5.11 Å². The van der Waals surface area contributed by atoms with Gasteiger partial charge in [-0.1, -0.05) is 0 Å². The topological polar surface area (TPSA) is 93.3 Å². The molecule has 0 aliphatic rings. The van der Waals surface area contributed by atoms with Gasteiger partial charge in [0.25, 0.3) is 0 Å². The summed E-state index contributed by atoms with van der Waals surface area (Å²) in [7, 11) is 0. The third-order valence-electron chi connectivity index (χ3n) is 1.60. The molecule has 1 heterocycles. The molecule has 0 saturated heterocycles. The van der Waals surface area contributed by atoms with Crippen molar-refractivity contribution >= 4 is 27.7 Å². The van der Waals surface area contributed by atoms with Crippen molar-refractivity contribution < 1.29 is 23.6 Å². The molecule has 6 nitrogen and oxygen atoms in total. The van der Waals surface area contributed by atoms with Gasteiger partial charge in [0.2, 0.25) is 5.69 Å². The van der Waals surface area contributed by atoms with Crippen molar-refractivity contribution in [2.75, 3.05) is 0 Å². The SMILES string of the molecule is O=C(O)c1cc(Br)c([N+](=O)[O-])nc1C(F)F. The minimum atomic E-state index is -3.20. The van der Waals surface area contributed by atoms with Crippen LogP contribution in [-0.4, -0.2) is 21.0 Å². The first kappa shape index (κ1) is 12.4. The summed E-state index contributed by atoms with van der Waals surface area (Å²) in [5.41, 5.74) is -1.89. The number of halogens is 3. The van der Waals surface area contributed by atoms with Crippen molar-refractivity contribution in [2.24, 2.45) is 0 Å². The molecule has 1 aromatic rings. The Kier molecular flexibility index (Phi) is 3.48. The Morgan fingerprint density at radius 2 is 2.19 bits per heavy atom. The lowest BCUT2D eigenvalue weighted by molar-refractivity contribution is -0.390. The van der Waals surface area contributed by atoms with Crippen molar-refractivity contribution in [2.45, 2.75) is 6.43 Å². The van der Waals surface area contributed by atoms with E-state index in [9.17, 15) is 23.7 Å². The fourth-order valence-electron chi connectivity index (χ4n) is 0.959. The fraction of sp³-hybridized carbons (Fsp3) is 0.143. The number of alkyl halides is 2. The van der Waals surface area contributed by atoms with E-state index in [1.165, 1.54) is 0 Å². The van der Waals surface area contributed by atoms with E-state index in [0.29, 0.717) is 0 Å². The Labute approximate surface area is 95.2 Å². The molecule has 1 N–H and O–H groups in total. The molecular formula is C7H3BrF2N2O4. The van der Waals surface area contributed by atoms with Crippen LogP contribution in [0.5, 0.6) is 0 Å². The predicted octanol–water partition coefficient (Wildman–Crippen LogP) is 2.39. The normalized spacial score (nSPS) is 10.5. The highest BCUT2D eigenvalue weighted by Crippen LogP contribution is 2.29. The zero-order valence-corrected chi connectivity index (χ0v) is 8.94. The Morgan fingerprint density at radius 3 is 2.56 bits per heavy atom. The molecule has 9 heteroatoms. The van der Waals surface area contributed by atoms with Crippen LogP contribution >= 0.6 is 15.9 Å². The number of nitrogens with zero attached hydrogens (tertiary/aromatic N) is 2. The van der Waals surface area contributed by atoms with Crippen molar-refractivity contribution in [3.05, 3.63) is 31.9 Å². The number of carboxylic acids is 1. The zero-order valence-electron chi connectivity index (χ0n) is 7.35. The molecule has 0 aliphatic carbocycles. The van der Waals surface area contributed by atoms with E-state index in [0.717, 1.165) is 6.07 Å². The molecule has 0 amide bonds. The number of carboxylic acid groups (broad SMARTS) is 1. The van der Waals surface area contributed by atoms with E-state index >= 15 is 0 Å². The van der Waals surface area contributed by atoms with Crippen molar-refractivity contribution in [3.63, 3.8) is 0 Å². The Hall–Kier alpha value is -1.64. The van der Waals surface area contributed by atoms with Gasteiger partial charge in [0, 0.05) is 0 Å². The molecule has 0 atom stereocenters. The van der Waals surface area contributed by atoms with Crippen LogP contribution in [0.15, 0.2) is 10.5 Å². The molecule has 0 spiro atoms. The second kappa shape index (κ2) is 4.47. The minimum absolute atomic E-state index is 0.265. The highest BCUT2D eigenvalue weighted by Gasteiger charge is 2.29. The van der Waals surface area contributed by atoms with Crippen LogP contribution in [0.3, 0.4) is 0 Å². The van der Waals surface area contributed by atoms with Gasteiger partial charge in [-0.2, -0.15) is 0 Å². The lowest BCUT2D eigenvalue weighted by Gasteiger charge is -2.02. The fourth-order valence-corrected chi connectivity index (χ4v) is 1.42. The van der Waals surface area contributed by atoms with Crippen LogP contribution in [0.2, 0.25) is 0 Å². The van der Waals surface area contributed by atoms with Crippen molar-refractivity contribution in [1.29, 1.82) is 0 Å². The van der Waals surface area contributed by atoms with Gasteiger partial charge in [0.1, 0.15) is 10.0 Å². The summed E-state index contributed by atoms with van der Waals surface area (Å²) in [6.45, 7) is 0. The molecule has 1 rings (SSSR count). The molecule has 0 saturated carbocycles. The molecule has 0 aliphatic heterocycles. The summed E-state index contributed by atoms with van der Waals surface area (Å²) in [5.74, 6) is -2.47. The highest BCUT2D eigenvalue weighted by molar-refractivity contribution is 9.10. The van der Waals surface area contributed by atoms with Crippen molar-refractivity contribution in [3.8, 4) is 0 Å². The van der Waals surface area contributed by atoms with Gasteiger partial charge >= 0.3 is 18.2 Å². The Bertz CT molecular complexity index is 466. The number of pyridine rings is 1. The average molecular weight is 297 g/mol. The minimum Gasteiger partial charge on any atom is -0.478 e. The maximum atomic E-state index is 12.4. The summed E-state index contributed by atoms with van der Waals surface area (Å²) in [5, 5.41) is 19.0. The first-order valence-corrected chi connectivity index (χ1v) is 4.50. The number of aromatic carboxylic acids is 1. The molecule has 1 aromatic heterocycles. The lowest BCUT2D eigenvalue weighted by atomic mass is 10.2. The third kappa shape index (κ3) is 2.30. The van der Waals surface area contributed by atoms with E-state index in [2.05, 4.69) is 20.9 Å². The molecule has 0 aromatic carbocycles. The Morgan fingerprint density at radius 1 is 1.62 bits per heavy atom. The number of aromatic nitrogens is 1. The summed E-state index contributed by atoms with van der Waals surface area (Å²) < 4.78 is 24.5. The van der Waals surface area contributed by atoms with Gasteiger partial charge < -0.3 is 15.2 Å². The van der Waals surface area contributed by atoms with Gasteiger partial charge in [-0.25, -0.2) is 13.6 Å². The molecule has 16 heavy (non-hydrogen) atoms. The van der Waals surface area contributed by atoms with Gasteiger partial charge in [0.15, 0.2) is 0 Å². The van der Waals surface area contributed by atoms with Crippen LogP contribution in [0.1, 0.15) is 22.5 Å². The van der Waals surface area contributed by atoms with E-state index in [1.807, 2.05) is 0 Å². The van der Waals surface area contributed by atoms with E-state index in [-0.39, 0.29) is 4.47 Å². The quantitative estimate of drug-likeness (QED) is 0.683. The van der Waals surface area contributed by atoms with E-state index < -0.39 is 34.4 Å². The van der Waals surface area contributed by atoms with Crippen LogP contribution in [-0.2, 0) is 0 Å². The lowest BCUT2D eigenvalue weighted by Crippen LogP contribution is -2.08. The number of carbonyl (C=O) groups is 1. The summed E-state index contributed by atoms with van der Waals surface area (Å²) in [6, 6.07) is 0.731. The number of rotatable bonds is 3. The first-order chi connectivity index (χ1) is 7.34. The van der Waals surface area contributed by atoms with Gasteiger partial charge in [0.05, 0.1) is 0 Å². The molecular weight excluding hydrogens is 294 g/mol. The number of hydrogen-bond acceptors (Lipinski definition) is 4. The largest absolute Gasteiger partial charge is 0.478 e. The molecule has 86 valence electrons. The predicted molar refractivity (Wildman–Crippen MR) is 50.5 cm³/mol. The Balaban J connectivity index is 3.49. The monoisotopic (exact) mass is 296 g/mol. The second-order valence-electron chi connectivity index (χ2n) is 2.59. The van der Waals surface area contributed by atoms with Crippen LogP contribution < -0.4 is 0 Å².